The van der Waals surface area contributed by atoms with Gasteiger partial charge >= 0.3 is 0 Å². The van der Waals surface area contributed by atoms with Crippen LogP contribution in [0.3, 0.4) is 0 Å². The van der Waals surface area contributed by atoms with Crippen molar-refractivity contribution in [1.29, 1.82) is 5.26 Å². The fourth-order valence-corrected chi connectivity index (χ4v) is 2.83. The quantitative estimate of drug-likeness (QED) is 0.495. The molecule has 2 aromatic rings. The third kappa shape index (κ3) is 4.89. The van der Waals surface area contributed by atoms with Gasteiger partial charge in [-0.2, -0.15) is 5.26 Å². The van der Waals surface area contributed by atoms with E-state index in [4.69, 9.17) is 21.7 Å². The lowest BCUT2D eigenvalue weighted by Crippen LogP contribution is -2.38. The Balaban J connectivity index is 1.56. The molecular formula is C19H23N5O2S. The van der Waals surface area contributed by atoms with Gasteiger partial charge in [0.05, 0.1) is 11.1 Å². The molecule has 0 unspecified atom stereocenters. The molecule has 2 heterocycles. The summed E-state index contributed by atoms with van der Waals surface area (Å²) in [5.74, 6) is 2.48. The summed E-state index contributed by atoms with van der Waals surface area (Å²) in [6.07, 6.45) is 0.842. The van der Waals surface area contributed by atoms with E-state index in [-0.39, 0.29) is 6.79 Å². The molecule has 0 aliphatic carbocycles. The minimum Gasteiger partial charge on any atom is -0.454 e. The number of fused-ring (bicyclic) bond motifs is 2. The summed E-state index contributed by atoms with van der Waals surface area (Å²) in [7, 11) is 0. The van der Waals surface area contributed by atoms with E-state index in [0.29, 0.717) is 40.5 Å². The van der Waals surface area contributed by atoms with Crippen LogP contribution in [-0.4, -0.2) is 36.5 Å². The van der Waals surface area contributed by atoms with Crippen LogP contribution in [0.15, 0.2) is 18.2 Å². The molecular weight excluding hydrogens is 362 g/mol. The van der Waals surface area contributed by atoms with Gasteiger partial charge in [-0.05, 0) is 36.7 Å². The number of nitriles is 1. The average Bonchev–Trinajstić information content (AvgIpc) is 3.10. The van der Waals surface area contributed by atoms with Crippen molar-refractivity contribution in [1.82, 2.24) is 15.6 Å². The Morgan fingerprint density at radius 3 is 2.74 bits per heavy atom. The lowest BCUT2D eigenvalue weighted by Gasteiger charge is -2.13. The predicted octanol–water partition coefficient (Wildman–Crippen LogP) is 2.76. The van der Waals surface area contributed by atoms with Crippen molar-refractivity contribution in [3.8, 4) is 17.6 Å². The van der Waals surface area contributed by atoms with E-state index in [9.17, 15) is 5.26 Å². The number of pyridine rings is 1. The Morgan fingerprint density at radius 1 is 1.22 bits per heavy atom. The highest BCUT2D eigenvalue weighted by atomic mass is 32.1. The lowest BCUT2D eigenvalue weighted by atomic mass is 10.1. The van der Waals surface area contributed by atoms with E-state index in [1.165, 1.54) is 0 Å². The van der Waals surface area contributed by atoms with E-state index in [0.717, 1.165) is 30.4 Å². The van der Waals surface area contributed by atoms with Gasteiger partial charge in [-0.15, -0.1) is 0 Å². The van der Waals surface area contributed by atoms with Gasteiger partial charge in [-0.25, -0.2) is 4.98 Å². The zero-order valence-electron chi connectivity index (χ0n) is 15.5. The molecule has 0 saturated heterocycles. The van der Waals surface area contributed by atoms with Crippen molar-refractivity contribution < 1.29 is 9.47 Å². The number of nitrogens with zero attached hydrogens (tertiary/aromatic N) is 2. The summed E-state index contributed by atoms with van der Waals surface area (Å²) < 4.78 is 10.8. The van der Waals surface area contributed by atoms with Crippen LogP contribution in [0, 0.1) is 17.2 Å². The standard InChI is InChI=1S/C19H23N5O2S/c1-12(2)10-23-19(27)22-5-3-4-21-18-14(9-20)6-13-7-16-17(26-11-25-16)8-15(13)24-18/h6-8,12H,3-5,10-11H2,1-2H3,(H,21,24)(H2,22,23,27). The molecule has 1 aliphatic heterocycles. The van der Waals surface area contributed by atoms with Crippen molar-refractivity contribution in [2.45, 2.75) is 20.3 Å². The van der Waals surface area contributed by atoms with Gasteiger partial charge in [0.1, 0.15) is 11.9 Å². The van der Waals surface area contributed by atoms with E-state index in [1.807, 2.05) is 18.2 Å². The zero-order chi connectivity index (χ0) is 19.2. The van der Waals surface area contributed by atoms with Gasteiger partial charge in [0.25, 0.3) is 0 Å². The third-order valence-electron chi connectivity index (χ3n) is 4.03. The van der Waals surface area contributed by atoms with E-state index < -0.39 is 0 Å². The highest BCUT2D eigenvalue weighted by molar-refractivity contribution is 7.80. The number of aromatic nitrogens is 1. The maximum atomic E-state index is 9.43. The summed E-state index contributed by atoms with van der Waals surface area (Å²) in [6, 6.07) is 7.70. The SMILES string of the molecule is CC(C)CNC(=S)NCCCNc1nc2cc3c(cc2cc1C#N)OCO3. The number of ether oxygens (including phenoxy) is 2. The van der Waals surface area contributed by atoms with Crippen LogP contribution in [-0.2, 0) is 0 Å². The number of hydrogen-bond acceptors (Lipinski definition) is 6. The van der Waals surface area contributed by atoms with Crippen LogP contribution in [0.2, 0.25) is 0 Å². The smallest absolute Gasteiger partial charge is 0.231 e. The molecule has 7 nitrogen and oxygen atoms in total. The van der Waals surface area contributed by atoms with Gasteiger partial charge in [0.15, 0.2) is 16.6 Å². The first-order valence-electron chi connectivity index (χ1n) is 8.97. The van der Waals surface area contributed by atoms with Crippen LogP contribution >= 0.6 is 12.2 Å². The molecule has 1 aromatic carbocycles. The Hall–Kier alpha value is -2.79. The van der Waals surface area contributed by atoms with Crippen LogP contribution in [0.5, 0.6) is 11.5 Å². The van der Waals surface area contributed by atoms with Gasteiger partial charge in [-0.1, -0.05) is 13.8 Å². The van der Waals surface area contributed by atoms with Crippen molar-refractivity contribution in [2.75, 3.05) is 31.7 Å². The van der Waals surface area contributed by atoms with Gasteiger partial charge < -0.3 is 25.4 Å². The normalized spacial score (nSPS) is 12.1. The van der Waals surface area contributed by atoms with E-state index in [1.54, 1.807) is 0 Å². The lowest BCUT2D eigenvalue weighted by molar-refractivity contribution is 0.174. The molecule has 8 heteroatoms. The van der Waals surface area contributed by atoms with Crippen molar-refractivity contribution >= 4 is 34.1 Å². The minimum absolute atomic E-state index is 0.211. The van der Waals surface area contributed by atoms with E-state index in [2.05, 4.69) is 40.9 Å². The van der Waals surface area contributed by atoms with Crippen molar-refractivity contribution in [3.63, 3.8) is 0 Å². The van der Waals surface area contributed by atoms with Crippen LogP contribution in [0.25, 0.3) is 10.9 Å². The molecule has 0 fully saturated rings. The molecule has 0 saturated carbocycles. The van der Waals surface area contributed by atoms with Crippen LogP contribution < -0.4 is 25.4 Å². The number of nitrogens with one attached hydrogen (secondary N) is 3. The van der Waals surface area contributed by atoms with Crippen molar-refractivity contribution in [3.05, 3.63) is 23.8 Å². The summed E-state index contributed by atoms with van der Waals surface area (Å²) >= 11 is 5.23. The number of thiocarbonyl (C=S) groups is 1. The fraction of sp³-hybridized carbons (Fsp3) is 0.421. The molecule has 27 heavy (non-hydrogen) atoms. The maximum absolute atomic E-state index is 9.43. The topological polar surface area (TPSA) is 91.2 Å². The Kier molecular flexibility index (Phi) is 6.14. The van der Waals surface area contributed by atoms with Crippen molar-refractivity contribution in [2.24, 2.45) is 5.92 Å². The summed E-state index contributed by atoms with van der Waals surface area (Å²) in [4.78, 5) is 4.58. The predicted molar refractivity (Wildman–Crippen MR) is 109 cm³/mol. The molecule has 142 valence electrons. The first kappa shape index (κ1) is 19.0. The van der Waals surface area contributed by atoms with Crippen LogP contribution in [0.1, 0.15) is 25.8 Å². The monoisotopic (exact) mass is 385 g/mol. The summed E-state index contributed by atoms with van der Waals surface area (Å²) in [6.45, 7) is 6.76. The first-order chi connectivity index (χ1) is 13.1. The molecule has 1 aromatic heterocycles. The molecule has 1 aliphatic rings. The summed E-state index contributed by atoms with van der Waals surface area (Å²) in [5, 5.41) is 20.5. The van der Waals surface area contributed by atoms with Gasteiger partial charge in [0, 0.05) is 31.1 Å². The molecule has 0 amide bonds. The van der Waals surface area contributed by atoms with E-state index >= 15 is 0 Å². The Morgan fingerprint density at radius 2 is 2.00 bits per heavy atom. The summed E-state index contributed by atoms with van der Waals surface area (Å²) in [5.41, 5.74) is 1.27. The molecule has 0 bridgehead atoms. The third-order valence-corrected chi connectivity index (χ3v) is 4.32. The second-order valence-corrected chi connectivity index (χ2v) is 7.11. The fourth-order valence-electron chi connectivity index (χ4n) is 2.64. The largest absolute Gasteiger partial charge is 0.454 e. The molecule has 0 atom stereocenters. The number of hydrogen-bond donors (Lipinski definition) is 3. The number of anilines is 1. The Bertz CT molecular complexity index is 879. The zero-order valence-corrected chi connectivity index (χ0v) is 16.3. The van der Waals surface area contributed by atoms with Gasteiger partial charge in [0.2, 0.25) is 6.79 Å². The minimum atomic E-state index is 0.211. The first-order valence-corrected chi connectivity index (χ1v) is 9.37. The molecule has 0 radical (unpaired) electrons. The average molecular weight is 385 g/mol. The molecule has 3 N–H and O–H groups in total. The number of benzene rings is 1. The maximum Gasteiger partial charge on any atom is 0.231 e. The molecule has 3 rings (SSSR count). The second-order valence-electron chi connectivity index (χ2n) is 6.71. The second kappa shape index (κ2) is 8.73. The number of rotatable bonds is 7. The highest BCUT2D eigenvalue weighted by Gasteiger charge is 2.16. The Labute approximate surface area is 164 Å². The van der Waals surface area contributed by atoms with Gasteiger partial charge in [-0.3, -0.25) is 0 Å². The highest BCUT2D eigenvalue weighted by Crippen LogP contribution is 2.36. The molecule has 0 spiro atoms. The van der Waals surface area contributed by atoms with Crippen LogP contribution in [0.4, 0.5) is 5.82 Å².